The highest BCUT2D eigenvalue weighted by atomic mass is 19.1. The molecule has 0 unspecified atom stereocenters. The highest BCUT2D eigenvalue weighted by molar-refractivity contribution is 5.94. The van der Waals surface area contributed by atoms with Gasteiger partial charge in [-0.3, -0.25) is 9.88 Å². The third-order valence-electron chi connectivity index (χ3n) is 7.61. The van der Waals surface area contributed by atoms with Crippen LogP contribution in [0.25, 0.3) is 39.7 Å². The number of oxazole rings is 1. The van der Waals surface area contributed by atoms with E-state index in [9.17, 15) is 4.39 Å². The first kappa shape index (κ1) is 25.1. The molecule has 0 atom stereocenters. The van der Waals surface area contributed by atoms with Crippen molar-refractivity contribution in [3.05, 3.63) is 72.6 Å². The molecule has 0 saturated carbocycles. The number of benzene rings is 1. The van der Waals surface area contributed by atoms with Gasteiger partial charge in [0.1, 0.15) is 23.4 Å². The highest BCUT2D eigenvalue weighted by Gasteiger charge is 2.21. The normalized spacial score (nSPS) is 14.7. The van der Waals surface area contributed by atoms with Gasteiger partial charge in [-0.05, 0) is 55.8 Å². The summed E-state index contributed by atoms with van der Waals surface area (Å²) in [6.45, 7) is 6.85. The van der Waals surface area contributed by atoms with Gasteiger partial charge in [-0.15, -0.1) is 5.10 Å². The summed E-state index contributed by atoms with van der Waals surface area (Å²) < 4.78 is 24.0. The molecule has 2 N–H and O–H groups in total. The van der Waals surface area contributed by atoms with Crippen LogP contribution in [0.5, 0.6) is 0 Å². The van der Waals surface area contributed by atoms with Gasteiger partial charge < -0.3 is 19.6 Å². The Balaban J connectivity index is 1.09. The molecule has 208 valence electrons. The van der Waals surface area contributed by atoms with Gasteiger partial charge in [0.25, 0.3) is 0 Å². The predicted octanol–water partition coefficient (Wildman–Crippen LogP) is 4.04. The SMILES string of the molecule is Cc1cn(CCN2CCCN(c3cc(-c4ncco4)ccc3F)CC2)c2nc(N)n3nc(-c4ccccn4)nc3c12. The first-order valence-corrected chi connectivity index (χ1v) is 13.6. The number of nitrogen functional groups attached to an aromatic ring is 1. The van der Waals surface area contributed by atoms with Gasteiger partial charge >= 0.3 is 0 Å². The van der Waals surface area contributed by atoms with Crippen LogP contribution in [0, 0.1) is 12.7 Å². The molecular weight excluding hydrogens is 523 g/mol. The molecular formula is C29H29FN10O. The first-order chi connectivity index (χ1) is 20.0. The van der Waals surface area contributed by atoms with Crippen LogP contribution in [0.1, 0.15) is 12.0 Å². The Kier molecular flexibility index (Phi) is 6.31. The molecule has 41 heavy (non-hydrogen) atoms. The summed E-state index contributed by atoms with van der Waals surface area (Å²) in [7, 11) is 0. The number of halogens is 1. The van der Waals surface area contributed by atoms with Crippen LogP contribution in [0.3, 0.4) is 0 Å². The maximum atomic E-state index is 14.8. The van der Waals surface area contributed by atoms with Gasteiger partial charge in [-0.1, -0.05) is 6.07 Å². The van der Waals surface area contributed by atoms with E-state index in [1.165, 1.54) is 12.3 Å². The molecule has 1 saturated heterocycles. The third-order valence-corrected chi connectivity index (χ3v) is 7.61. The summed E-state index contributed by atoms with van der Waals surface area (Å²) in [5.74, 6) is 1.04. The van der Waals surface area contributed by atoms with Crippen LogP contribution >= 0.6 is 0 Å². The van der Waals surface area contributed by atoms with Gasteiger partial charge in [0.05, 0.1) is 17.3 Å². The number of hydrogen-bond acceptors (Lipinski definition) is 9. The Morgan fingerprint density at radius 3 is 2.73 bits per heavy atom. The highest BCUT2D eigenvalue weighted by Crippen LogP contribution is 2.29. The van der Waals surface area contributed by atoms with Gasteiger partial charge in [-0.25, -0.2) is 14.4 Å². The summed E-state index contributed by atoms with van der Waals surface area (Å²) in [6.07, 6.45) is 7.86. The number of aromatic nitrogens is 7. The Morgan fingerprint density at radius 1 is 0.976 bits per heavy atom. The number of nitrogens with two attached hydrogens (primary N) is 1. The van der Waals surface area contributed by atoms with Crippen LogP contribution in [0.4, 0.5) is 16.0 Å². The van der Waals surface area contributed by atoms with E-state index < -0.39 is 0 Å². The standard InChI is InChI=1S/C29H29FN10O/c1-19-18-39(26-24(19)27-34-25(22-5-2-3-8-32-22)36-40(27)29(31)35-26)15-13-37-10-4-11-38(14-12-37)23-17-20(6-7-21(23)30)28-33-9-16-41-28/h2-3,5-9,16-18H,4,10-15H2,1H3,(H2,31,35). The molecule has 0 bridgehead atoms. The molecule has 7 rings (SSSR count). The molecule has 11 nitrogen and oxygen atoms in total. The molecule has 1 aliphatic heterocycles. The lowest BCUT2D eigenvalue weighted by Crippen LogP contribution is -2.33. The zero-order chi connectivity index (χ0) is 27.9. The Hall–Kier alpha value is -4.84. The fraction of sp³-hybridized carbons (Fsp3) is 0.276. The molecule has 0 aliphatic carbocycles. The maximum Gasteiger partial charge on any atom is 0.225 e. The van der Waals surface area contributed by atoms with Crippen LogP contribution in [0.15, 0.2) is 65.7 Å². The lowest BCUT2D eigenvalue weighted by molar-refractivity contribution is 0.282. The second kappa shape index (κ2) is 10.3. The zero-order valence-corrected chi connectivity index (χ0v) is 22.6. The lowest BCUT2D eigenvalue weighted by atomic mass is 10.1. The number of hydrogen-bond donors (Lipinski definition) is 1. The number of pyridine rings is 1. The molecule has 6 heterocycles. The maximum absolute atomic E-state index is 14.8. The molecule has 0 radical (unpaired) electrons. The molecule has 1 fully saturated rings. The Bertz CT molecular complexity index is 1830. The van der Waals surface area contributed by atoms with Crippen molar-refractivity contribution in [2.45, 2.75) is 19.9 Å². The van der Waals surface area contributed by atoms with E-state index in [1.807, 2.05) is 24.3 Å². The van der Waals surface area contributed by atoms with Crippen molar-refractivity contribution in [1.29, 1.82) is 0 Å². The quantitative estimate of drug-likeness (QED) is 0.326. The van der Waals surface area contributed by atoms with Crippen molar-refractivity contribution in [1.82, 2.24) is 39.0 Å². The first-order valence-electron chi connectivity index (χ1n) is 13.6. The second-order valence-corrected chi connectivity index (χ2v) is 10.2. The summed E-state index contributed by atoms with van der Waals surface area (Å²) in [4.78, 5) is 22.6. The monoisotopic (exact) mass is 552 g/mol. The average Bonchev–Trinajstić information content (AvgIpc) is 3.70. The largest absolute Gasteiger partial charge is 0.445 e. The van der Waals surface area contributed by atoms with Crippen molar-refractivity contribution in [2.24, 2.45) is 0 Å². The van der Waals surface area contributed by atoms with E-state index in [1.54, 1.807) is 23.0 Å². The van der Waals surface area contributed by atoms with Crippen LogP contribution in [-0.2, 0) is 6.54 Å². The molecule has 1 aromatic carbocycles. The Labute approximate surface area is 235 Å². The van der Waals surface area contributed by atoms with E-state index in [2.05, 4.69) is 42.6 Å². The average molecular weight is 553 g/mol. The molecule has 1 aliphatic rings. The van der Waals surface area contributed by atoms with Gasteiger partial charge in [0, 0.05) is 50.7 Å². The van der Waals surface area contributed by atoms with Crippen LogP contribution < -0.4 is 10.6 Å². The Morgan fingerprint density at radius 2 is 1.90 bits per heavy atom. The summed E-state index contributed by atoms with van der Waals surface area (Å²) in [6, 6.07) is 10.6. The zero-order valence-electron chi connectivity index (χ0n) is 22.6. The smallest absolute Gasteiger partial charge is 0.225 e. The number of fused-ring (bicyclic) bond motifs is 3. The van der Waals surface area contributed by atoms with E-state index in [4.69, 9.17) is 20.1 Å². The molecule has 0 spiro atoms. The number of rotatable bonds is 6. The van der Waals surface area contributed by atoms with Gasteiger partial charge in [-0.2, -0.15) is 9.50 Å². The van der Waals surface area contributed by atoms with Crippen molar-refractivity contribution in [2.75, 3.05) is 43.4 Å². The van der Waals surface area contributed by atoms with Crippen LogP contribution in [-0.4, -0.2) is 71.7 Å². The number of anilines is 2. The van der Waals surface area contributed by atoms with E-state index in [-0.39, 0.29) is 11.8 Å². The van der Waals surface area contributed by atoms with E-state index >= 15 is 0 Å². The van der Waals surface area contributed by atoms with E-state index in [0.29, 0.717) is 28.7 Å². The predicted molar refractivity (Wildman–Crippen MR) is 154 cm³/mol. The summed E-state index contributed by atoms with van der Waals surface area (Å²) >= 11 is 0. The second-order valence-electron chi connectivity index (χ2n) is 10.2. The van der Waals surface area contributed by atoms with Crippen molar-refractivity contribution < 1.29 is 8.81 Å². The number of nitrogens with zero attached hydrogens (tertiary/aromatic N) is 9. The number of aryl methyl sites for hydroxylation is 1. The van der Waals surface area contributed by atoms with E-state index in [0.717, 1.165) is 67.8 Å². The fourth-order valence-electron chi connectivity index (χ4n) is 5.58. The summed E-state index contributed by atoms with van der Waals surface area (Å²) in [5.41, 5.74) is 10.9. The van der Waals surface area contributed by atoms with Gasteiger partial charge in [0.2, 0.25) is 17.7 Å². The van der Waals surface area contributed by atoms with Crippen molar-refractivity contribution in [3.63, 3.8) is 0 Å². The van der Waals surface area contributed by atoms with Gasteiger partial charge in [0.15, 0.2) is 5.65 Å². The molecule has 5 aromatic heterocycles. The van der Waals surface area contributed by atoms with Crippen molar-refractivity contribution in [3.8, 4) is 23.0 Å². The fourth-order valence-corrected chi connectivity index (χ4v) is 5.58. The summed E-state index contributed by atoms with van der Waals surface area (Å²) in [5, 5.41) is 5.50. The topological polar surface area (TPSA) is 119 Å². The molecule has 0 amide bonds. The minimum atomic E-state index is -0.238. The van der Waals surface area contributed by atoms with Crippen LogP contribution in [0.2, 0.25) is 0 Å². The molecule has 6 aromatic rings. The minimum absolute atomic E-state index is 0.238. The minimum Gasteiger partial charge on any atom is -0.445 e. The molecule has 12 heteroatoms. The van der Waals surface area contributed by atoms with Crippen molar-refractivity contribution >= 4 is 28.3 Å². The lowest BCUT2D eigenvalue weighted by Gasteiger charge is -2.24. The third kappa shape index (κ3) is 4.65.